The summed E-state index contributed by atoms with van der Waals surface area (Å²) in [5, 5.41) is 0.582. The largest absolute Gasteiger partial charge is 0.465 e. The molecule has 2 atom stereocenters. The van der Waals surface area contributed by atoms with E-state index in [0.29, 0.717) is 39.5 Å². The Morgan fingerprint density at radius 2 is 1.46 bits per heavy atom. The number of esters is 3. The summed E-state index contributed by atoms with van der Waals surface area (Å²) in [7, 11) is 0. The second kappa shape index (κ2) is 13.5. The van der Waals surface area contributed by atoms with Gasteiger partial charge in [0.2, 0.25) is 0 Å². The molecule has 2 unspecified atom stereocenters. The van der Waals surface area contributed by atoms with Crippen LogP contribution in [0.25, 0.3) is 10.6 Å². The molecule has 9 heteroatoms. The van der Waals surface area contributed by atoms with Crippen molar-refractivity contribution < 1.29 is 28.6 Å². The molecule has 3 aromatic rings. The number of ether oxygens (including phenoxy) is 3. The number of nitrogens with zero attached hydrogens (tertiary/aromatic N) is 2. The predicted octanol–water partition coefficient (Wildman–Crippen LogP) is 6.15. The van der Waals surface area contributed by atoms with Crippen LogP contribution < -0.4 is 0 Å². The SMILES string of the molecule is CCOC(=O)C1=C(C)N=C(C)C(C(=O)OCC)C1c1ccccc1-c1nc(C(=O)OCC)c(Cc2ccccc2)s1. The summed E-state index contributed by atoms with van der Waals surface area (Å²) < 4.78 is 16.2. The Labute approximate surface area is 244 Å². The first-order chi connectivity index (χ1) is 19.8. The van der Waals surface area contributed by atoms with E-state index in [4.69, 9.17) is 19.2 Å². The first-order valence-corrected chi connectivity index (χ1v) is 14.5. The molecule has 0 bridgehead atoms. The summed E-state index contributed by atoms with van der Waals surface area (Å²) in [4.78, 5) is 49.7. The Kier molecular flexibility index (Phi) is 9.83. The summed E-state index contributed by atoms with van der Waals surface area (Å²) in [6.45, 7) is 9.33. The minimum absolute atomic E-state index is 0.176. The van der Waals surface area contributed by atoms with Crippen LogP contribution in [0.5, 0.6) is 0 Å². The van der Waals surface area contributed by atoms with Crippen molar-refractivity contribution in [2.24, 2.45) is 10.9 Å². The molecule has 8 nitrogen and oxygen atoms in total. The van der Waals surface area contributed by atoms with Gasteiger partial charge >= 0.3 is 17.9 Å². The summed E-state index contributed by atoms with van der Waals surface area (Å²) in [6, 6.07) is 17.3. The second-order valence-corrected chi connectivity index (χ2v) is 10.5. The molecule has 0 saturated carbocycles. The molecule has 214 valence electrons. The first kappa shape index (κ1) is 29.9. The van der Waals surface area contributed by atoms with Crippen LogP contribution >= 0.6 is 11.3 Å². The highest BCUT2D eigenvalue weighted by Crippen LogP contribution is 2.44. The maximum atomic E-state index is 13.3. The van der Waals surface area contributed by atoms with Crippen LogP contribution in [-0.4, -0.2) is 48.4 Å². The number of allylic oxidation sites excluding steroid dienone is 1. The van der Waals surface area contributed by atoms with Gasteiger partial charge in [-0.1, -0.05) is 54.6 Å². The van der Waals surface area contributed by atoms with Crippen molar-refractivity contribution in [3.05, 3.63) is 87.6 Å². The normalized spacial score (nSPS) is 16.7. The van der Waals surface area contributed by atoms with Crippen LogP contribution in [0.4, 0.5) is 0 Å². The number of hydrogen-bond acceptors (Lipinski definition) is 9. The Morgan fingerprint density at radius 3 is 2.15 bits per heavy atom. The minimum Gasteiger partial charge on any atom is -0.465 e. The number of thiazole rings is 1. The summed E-state index contributed by atoms with van der Waals surface area (Å²) in [6.07, 6.45) is 0.503. The lowest BCUT2D eigenvalue weighted by Gasteiger charge is -2.32. The van der Waals surface area contributed by atoms with Gasteiger partial charge in [0.25, 0.3) is 0 Å². The molecule has 1 aromatic heterocycles. The maximum absolute atomic E-state index is 13.3. The fraction of sp³-hybridized carbons (Fsp3) is 0.344. The zero-order chi connectivity index (χ0) is 29.5. The topological polar surface area (TPSA) is 104 Å². The fourth-order valence-electron chi connectivity index (χ4n) is 5.07. The van der Waals surface area contributed by atoms with E-state index in [9.17, 15) is 14.4 Å². The molecule has 41 heavy (non-hydrogen) atoms. The van der Waals surface area contributed by atoms with Crippen molar-refractivity contribution in [3.63, 3.8) is 0 Å². The van der Waals surface area contributed by atoms with Crippen LogP contribution in [0.3, 0.4) is 0 Å². The molecule has 4 rings (SSSR count). The monoisotopic (exact) mass is 574 g/mol. The van der Waals surface area contributed by atoms with E-state index in [1.807, 2.05) is 54.6 Å². The summed E-state index contributed by atoms with van der Waals surface area (Å²) in [5.74, 6) is -3.07. The van der Waals surface area contributed by atoms with Gasteiger partial charge in [-0.2, -0.15) is 0 Å². The van der Waals surface area contributed by atoms with Crippen molar-refractivity contribution in [3.8, 4) is 10.6 Å². The lowest BCUT2D eigenvalue weighted by atomic mass is 9.74. The molecule has 1 aliphatic heterocycles. The highest BCUT2D eigenvalue weighted by Gasteiger charge is 2.43. The molecule has 1 aliphatic rings. The van der Waals surface area contributed by atoms with Gasteiger partial charge in [0, 0.05) is 34.2 Å². The number of aromatic nitrogens is 1. The minimum atomic E-state index is -0.840. The quantitative estimate of drug-likeness (QED) is 0.211. The lowest BCUT2D eigenvalue weighted by molar-refractivity contribution is -0.146. The second-order valence-electron chi connectivity index (χ2n) is 9.44. The Bertz CT molecular complexity index is 1490. The molecule has 0 amide bonds. The van der Waals surface area contributed by atoms with Crippen molar-refractivity contribution in [1.82, 2.24) is 4.98 Å². The molecule has 0 aliphatic carbocycles. The zero-order valence-electron chi connectivity index (χ0n) is 23.9. The van der Waals surface area contributed by atoms with Gasteiger partial charge in [0.1, 0.15) is 10.9 Å². The van der Waals surface area contributed by atoms with E-state index in [1.54, 1.807) is 34.6 Å². The molecule has 2 heterocycles. The molecule has 0 N–H and O–H groups in total. The van der Waals surface area contributed by atoms with Crippen molar-refractivity contribution in [2.75, 3.05) is 19.8 Å². The predicted molar refractivity (Wildman–Crippen MR) is 158 cm³/mol. The van der Waals surface area contributed by atoms with Gasteiger partial charge in [-0.3, -0.25) is 9.79 Å². The van der Waals surface area contributed by atoms with Crippen LogP contribution in [0.15, 0.2) is 70.9 Å². The average molecular weight is 575 g/mol. The van der Waals surface area contributed by atoms with Crippen LogP contribution in [0.2, 0.25) is 0 Å². The molecule has 2 aromatic carbocycles. The molecular formula is C32H34N2O6S. The van der Waals surface area contributed by atoms with Crippen molar-refractivity contribution in [1.29, 1.82) is 0 Å². The number of hydrogen-bond donors (Lipinski definition) is 0. The number of aliphatic imine (C=N–C) groups is 1. The van der Waals surface area contributed by atoms with Crippen molar-refractivity contribution >= 4 is 35.0 Å². The lowest BCUT2D eigenvalue weighted by Crippen LogP contribution is -2.36. The van der Waals surface area contributed by atoms with E-state index in [0.717, 1.165) is 10.4 Å². The third-order valence-electron chi connectivity index (χ3n) is 6.76. The van der Waals surface area contributed by atoms with Gasteiger partial charge in [-0.15, -0.1) is 11.3 Å². The van der Waals surface area contributed by atoms with E-state index in [1.165, 1.54) is 11.3 Å². The Hall–Kier alpha value is -4.11. The molecule has 0 radical (unpaired) electrons. The van der Waals surface area contributed by atoms with E-state index >= 15 is 0 Å². The van der Waals surface area contributed by atoms with Crippen molar-refractivity contribution in [2.45, 2.75) is 47.0 Å². The smallest absolute Gasteiger partial charge is 0.358 e. The fourth-order valence-corrected chi connectivity index (χ4v) is 6.21. The standard InChI is InChI=1S/C32H34N2O6S/c1-6-38-30(35)25-19(4)33-20(5)26(31(36)39-7-2)27(25)22-16-12-13-17-23(22)29-34-28(32(37)40-8-3)24(41-29)18-21-14-10-9-11-15-21/h9-17,25,27H,6-8,18H2,1-5H3. The number of carbonyl (C=O) groups excluding carboxylic acids is 3. The molecule has 0 saturated heterocycles. The number of carbonyl (C=O) groups is 3. The number of rotatable bonds is 10. The average Bonchev–Trinajstić information content (AvgIpc) is 3.37. The van der Waals surface area contributed by atoms with Gasteiger partial charge in [-0.25, -0.2) is 14.6 Å². The Balaban J connectivity index is 1.90. The van der Waals surface area contributed by atoms with Gasteiger partial charge in [0.05, 0.1) is 25.4 Å². The highest BCUT2D eigenvalue weighted by atomic mass is 32.1. The summed E-state index contributed by atoms with van der Waals surface area (Å²) in [5.41, 5.74) is 4.01. The van der Waals surface area contributed by atoms with E-state index < -0.39 is 29.7 Å². The molecular weight excluding hydrogens is 540 g/mol. The molecule has 0 spiro atoms. The molecule has 0 fully saturated rings. The highest BCUT2D eigenvalue weighted by molar-refractivity contribution is 7.15. The first-order valence-electron chi connectivity index (χ1n) is 13.7. The van der Waals surface area contributed by atoms with Crippen LogP contribution in [0, 0.1) is 5.92 Å². The van der Waals surface area contributed by atoms with Gasteiger partial charge in [-0.05, 0) is 45.7 Å². The van der Waals surface area contributed by atoms with E-state index in [-0.39, 0.29) is 25.5 Å². The summed E-state index contributed by atoms with van der Waals surface area (Å²) >= 11 is 1.39. The van der Waals surface area contributed by atoms with Crippen LogP contribution in [-0.2, 0) is 30.2 Å². The number of benzene rings is 2. The van der Waals surface area contributed by atoms with E-state index in [2.05, 4.69) is 4.99 Å². The van der Waals surface area contributed by atoms with Gasteiger partial charge in [0.15, 0.2) is 5.69 Å². The Morgan fingerprint density at radius 1 is 0.829 bits per heavy atom. The third-order valence-corrected chi connectivity index (χ3v) is 7.85. The maximum Gasteiger partial charge on any atom is 0.358 e. The third kappa shape index (κ3) is 6.46. The van der Waals surface area contributed by atoms with Crippen LogP contribution in [0.1, 0.15) is 67.0 Å². The zero-order valence-corrected chi connectivity index (χ0v) is 24.7. The van der Waals surface area contributed by atoms with Gasteiger partial charge < -0.3 is 14.2 Å².